The van der Waals surface area contributed by atoms with E-state index in [1.165, 1.54) is 11.3 Å². The summed E-state index contributed by atoms with van der Waals surface area (Å²) in [6, 6.07) is 0. The number of hydrogen-bond donors (Lipinski definition) is 0. The Hall–Kier alpha value is -1.69. The lowest BCUT2D eigenvalue weighted by atomic mass is 9.97. The van der Waals surface area contributed by atoms with E-state index in [0.717, 1.165) is 41.5 Å². The molecule has 0 N–H and O–H groups in total. The Labute approximate surface area is 152 Å². The van der Waals surface area contributed by atoms with Crippen molar-refractivity contribution in [3.05, 3.63) is 26.6 Å². The lowest BCUT2D eigenvalue weighted by molar-refractivity contribution is -0.152. The molecule has 6 heteroatoms. The van der Waals surface area contributed by atoms with E-state index in [4.69, 9.17) is 9.72 Å². The molecule has 0 bridgehead atoms. The van der Waals surface area contributed by atoms with Crippen LogP contribution in [0.2, 0.25) is 0 Å². The normalized spacial score (nSPS) is 14.6. The van der Waals surface area contributed by atoms with E-state index in [0.29, 0.717) is 18.9 Å². The van der Waals surface area contributed by atoms with Crippen LogP contribution in [-0.2, 0) is 34.3 Å². The van der Waals surface area contributed by atoms with Crippen LogP contribution >= 0.6 is 11.3 Å². The van der Waals surface area contributed by atoms with E-state index < -0.39 is 5.54 Å². The number of esters is 1. The first-order valence-corrected chi connectivity index (χ1v) is 9.97. The highest BCUT2D eigenvalue weighted by molar-refractivity contribution is 7.18. The second-order valence-electron chi connectivity index (χ2n) is 7.09. The molecule has 0 aliphatic heterocycles. The first kappa shape index (κ1) is 18.1. The number of hydrogen-bond acceptors (Lipinski definition) is 5. The van der Waals surface area contributed by atoms with Gasteiger partial charge >= 0.3 is 5.97 Å². The van der Waals surface area contributed by atoms with Crippen LogP contribution < -0.4 is 5.56 Å². The van der Waals surface area contributed by atoms with E-state index >= 15 is 0 Å². The fourth-order valence-electron chi connectivity index (χ4n) is 3.61. The lowest BCUT2D eigenvalue weighted by Gasteiger charge is -2.27. The van der Waals surface area contributed by atoms with Crippen molar-refractivity contribution >= 4 is 27.5 Å². The van der Waals surface area contributed by atoms with Gasteiger partial charge in [-0.15, -0.1) is 11.3 Å². The zero-order chi connectivity index (χ0) is 18.2. The second-order valence-corrected chi connectivity index (χ2v) is 8.17. The van der Waals surface area contributed by atoms with Crippen molar-refractivity contribution in [1.82, 2.24) is 9.55 Å². The Morgan fingerprint density at radius 3 is 2.68 bits per heavy atom. The number of aromatic nitrogens is 2. The zero-order valence-electron chi connectivity index (χ0n) is 15.5. The Morgan fingerprint density at radius 1 is 1.28 bits per heavy atom. The predicted molar refractivity (Wildman–Crippen MR) is 100 cm³/mol. The van der Waals surface area contributed by atoms with E-state index in [9.17, 15) is 9.59 Å². The molecule has 0 saturated heterocycles. The monoisotopic (exact) mass is 362 g/mol. The Kier molecular flexibility index (Phi) is 5.00. The topological polar surface area (TPSA) is 61.2 Å². The smallest absolute Gasteiger partial charge is 0.331 e. The summed E-state index contributed by atoms with van der Waals surface area (Å²) in [6.07, 6.45) is 5.76. The number of aryl methyl sites for hydroxylation is 3. The van der Waals surface area contributed by atoms with Crippen molar-refractivity contribution in [2.45, 2.75) is 71.8 Å². The molecule has 0 amide bonds. The molecule has 0 saturated carbocycles. The Balaban J connectivity index is 2.29. The summed E-state index contributed by atoms with van der Waals surface area (Å²) in [7, 11) is 0. The highest BCUT2D eigenvalue weighted by Gasteiger charge is 2.36. The number of thiophene rings is 1. The Bertz CT molecular complexity index is 864. The summed E-state index contributed by atoms with van der Waals surface area (Å²) < 4.78 is 6.81. The van der Waals surface area contributed by atoms with E-state index in [1.54, 1.807) is 36.7 Å². The summed E-state index contributed by atoms with van der Waals surface area (Å²) in [5.41, 5.74) is -0.00598. The molecule has 5 nitrogen and oxygen atoms in total. The van der Waals surface area contributed by atoms with Crippen molar-refractivity contribution < 1.29 is 9.53 Å². The predicted octanol–water partition coefficient (Wildman–Crippen LogP) is 3.59. The van der Waals surface area contributed by atoms with Crippen molar-refractivity contribution in [2.75, 3.05) is 6.61 Å². The van der Waals surface area contributed by atoms with Gasteiger partial charge in [0.2, 0.25) is 0 Å². The zero-order valence-corrected chi connectivity index (χ0v) is 16.3. The molecule has 0 atom stereocenters. The van der Waals surface area contributed by atoms with Gasteiger partial charge in [0, 0.05) is 11.3 Å². The molecule has 2 aromatic heterocycles. The number of nitrogens with zero attached hydrogens (tertiary/aromatic N) is 2. The molecule has 0 unspecified atom stereocenters. The fraction of sp³-hybridized carbons (Fsp3) is 0.632. The molecular weight excluding hydrogens is 336 g/mol. The minimum Gasteiger partial charge on any atom is -0.464 e. The van der Waals surface area contributed by atoms with Crippen LogP contribution in [0.25, 0.3) is 10.2 Å². The van der Waals surface area contributed by atoms with Crippen LogP contribution in [0, 0.1) is 0 Å². The van der Waals surface area contributed by atoms with Crippen LogP contribution in [-0.4, -0.2) is 22.1 Å². The molecule has 0 radical (unpaired) electrons. The van der Waals surface area contributed by atoms with E-state index in [-0.39, 0.29) is 11.5 Å². The molecule has 0 spiro atoms. The van der Waals surface area contributed by atoms with Gasteiger partial charge in [-0.1, -0.05) is 6.92 Å². The summed E-state index contributed by atoms with van der Waals surface area (Å²) in [5, 5.41) is 0.719. The van der Waals surface area contributed by atoms with Gasteiger partial charge in [-0.3, -0.25) is 9.36 Å². The number of fused-ring (bicyclic) bond motifs is 3. The maximum atomic E-state index is 13.4. The third-order valence-electron chi connectivity index (χ3n) is 4.87. The minimum atomic E-state index is -1.07. The molecule has 1 aliphatic carbocycles. The molecule has 2 heterocycles. The van der Waals surface area contributed by atoms with Gasteiger partial charge in [-0.25, -0.2) is 9.78 Å². The summed E-state index contributed by atoms with van der Waals surface area (Å²) in [6.45, 7) is 7.62. The lowest BCUT2D eigenvalue weighted by Crippen LogP contribution is -2.46. The average molecular weight is 362 g/mol. The van der Waals surface area contributed by atoms with E-state index in [2.05, 4.69) is 6.92 Å². The van der Waals surface area contributed by atoms with Crippen molar-refractivity contribution in [3.8, 4) is 0 Å². The van der Waals surface area contributed by atoms with Gasteiger partial charge in [-0.05, 0) is 58.4 Å². The first-order chi connectivity index (χ1) is 11.9. The third-order valence-corrected chi connectivity index (χ3v) is 6.05. The number of carbonyl (C=O) groups excluding carboxylic acids is 1. The van der Waals surface area contributed by atoms with Crippen LogP contribution in [0.1, 0.15) is 63.2 Å². The highest BCUT2D eigenvalue weighted by Crippen LogP contribution is 2.34. The van der Waals surface area contributed by atoms with Crippen LogP contribution in [0.15, 0.2) is 4.79 Å². The van der Waals surface area contributed by atoms with Crippen LogP contribution in [0.3, 0.4) is 0 Å². The fourth-order valence-corrected chi connectivity index (χ4v) is 4.88. The molecule has 1 aliphatic rings. The Morgan fingerprint density at radius 2 is 2.00 bits per heavy atom. The largest absolute Gasteiger partial charge is 0.464 e. The number of ether oxygens (including phenoxy) is 1. The van der Waals surface area contributed by atoms with Gasteiger partial charge in [0.05, 0.1) is 12.0 Å². The third kappa shape index (κ3) is 3.01. The molecule has 0 fully saturated rings. The molecule has 25 heavy (non-hydrogen) atoms. The quantitative estimate of drug-likeness (QED) is 0.763. The standard InChI is InChI=1S/C19H26N2O3S/c1-5-9-14-20-16-15(12-10-7-8-11-13(12)25-16)17(22)21(14)19(3,4)18(23)24-6-2/h5-11H2,1-4H3. The van der Waals surface area contributed by atoms with Crippen molar-refractivity contribution in [1.29, 1.82) is 0 Å². The summed E-state index contributed by atoms with van der Waals surface area (Å²) in [5.74, 6) is 0.288. The first-order valence-electron chi connectivity index (χ1n) is 9.15. The molecular formula is C19H26N2O3S. The minimum absolute atomic E-state index is 0.0918. The maximum absolute atomic E-state index is 13.4. The average Bonchev–Trinajstić information content (AvgIpc) is 2.93. The SMILES string of the molecule is CCCc1nc2sc3c(c2c(=O)n1C(C)(C)C(=O)OCC)CCCC3. The molecule has 136 valence electrons. The van der Waals surface area contributed by atoms with Gasteiger partial charge in [0.25, 0.3) is 5.56 Å². The molecule has 2 aromatic rings. The summed E-state index contributed by atoms with van der Waals surface area (Å²) >= 11 is 1.65. The van der Waals surface area contributed by atoms with Crippen molar-refractivity contribution in [3.63, 3.8) is 0 Å². The molecule has 0 aromatic carbocycles. The highest BCUT2D eigenvalue weighted by atomic mass is 32.1. The molecule has 3 rings (SSSR count). The number of carbonyl (C=O) groups is 1. The van der Waals surface area contributed by atoms with Gasteiger partial charge in [0.1, 0.15) is 16.2 Å². The maximum Gasteiger partial charge on any atom is 0.331 e. The van der Waals surface area contributed by atoms with Gasteiger partial charge in [0.15, 0.2) is 0 Å². The van der Waals surface area contributed by atoms with Crippen molar-refractivity contribution in [2.24, 2.45) is 0 Å². The van der Waals surface area contributed by atoms with Gasteiger partial charge < -0.3 is 4.74 Å². The number of rotatable bonds is 5. The van der Waals surface area contributed by atoms with Crippen LogP contribution in [0.5, 0.6) is 0 Å². The van der Waals surface area contributed by atoms with Gasteiger partial charge in [-0.2, -0.15) is 0 Å². The summed E-state index contributed by atoms with van der Waals surface area (Å²) in [4.78, 5) is 32.9. The second kappa shape index (κ2) is 6.90. The van der Waals surface area contributed by atoms with E-state index in [1.807, 2.05) is 0 Å². The van der Waals surface area contributed by atoms with Crippen LogP contribution in [0.4, 0.5) is 0 Å².